The average Bonchev–Trinajstić information content (AvgIpc) is 1.62. The maximum atomic E-state index is 8.61. The van der Waals surface area contributed by atoms with Gasteiger partial charge in [-0.3, -0.25) is 0 Å². The summed E-state index contributed by atoms with van der Waals surface area (Å²) in [5, 5.41) is 0. The molecule has 0 saturated carbocycles. The van der Waals surface area contributed by atoms with Crippen molar-refractivity contribution in [2.24, 2.45) is 0 Å². The van der Waals surface area contributed by atoms with Crippen molar-refractivity contribution >= 4 is 58.1 Å². The molecule has 0 aliphatic carbocycles. The van der Waals surface area contributed by atoms with Crippen LogP contribution in [0.1, 0.15) is 0 Å². The third kappa shape index (κ3) is 1520. The van der Waals surface area contributed by atoms with Crippen LogP contribution >= 0.6 is 0 Å². The van der Waals surface area contributed by atoms with Crippen molar-refractivity contribution < 1.29 is 125 Å². The molecule has 16 nitrogen and oxygen atoms in total. The van der Waals surface area contributed by atoms with Crippen molar-refractivity contribution in [3.05, 3.63) is 0 Å². The molecule has 0 spiro atoms. The molecule has 0 saturated heterocycles. The molecule has 0 rings (SSSR count). The monoisotopic (exact) mass is 1120 g/mol. The minimum Gasteiger partial charge on any atom is 4.00 e. The first kappa shape index (κ1) is 45.0. The van der Waals surface area contributed by atoms with Gasteiger partial charge in [-0.15, -0.1) is 0 Å². The molecule has 0 atom stereocenters. The molecule has 0 fully saturated rings. The topological polar surface area (TPSA) is 345 Å². The van der Waals surface area contributed by atoms with Crippen molar-refractivity contribution in [1.29, 1.82) is 0 Å². The van der Waals surface area contributed by atoms with E-state index >= 15 is 0 Å². The van der Waals surface area contributed by atoms with Crippen LogP contribution in [0.3, 0.4) is 0 Å². The summed E-state index contributed by atoms with van der Waals surface area (Å²) in [6, 6.07) is 0. The molecule has 137 valence electrons. The molecular weight excluding hydrogens is 1110 g/mol. The van der Waals surface area contributed by atoms with Crippen LogP contribution in [0.5, 0.6) is 0 Å². The molecule has 0 aromatic rings. The molecule has 0 bridgehead atoms. The fourth-order valence-electron chi connectivity index (χ4n) is 0. The normalized spacial score (nSPS) is 10.3. The SMILES string of the molecule is O=[As]([O-])([O-])[O-].O=[As]([O-])([O-])[O-].O=[As]([O-])([O-])[O-].O=[As]([O-])([O-])[O-].[Re+4].[Re+4].[Re+4]. The zero-order valence-corrected chi connectivity index (χ0v) is 25.1. The molecule has 0 aromatic heterocycles. The van der Waals surface area contributed by atoms with Crippen LogP contribution in [0.25, 0.3) is 0 Å². The average molecular weight is 1110 g/mol. The van der Waals surface area contributed by atoms with Gasteiger partial charge in [0.2, 0.25) is 0 Å². The molecule has 0 heterocycles. The smallest absolute Gasteiger partial charge is 4.00 e. The van der Waals surface area contributed by atoms with Gasteiger partial charge in [0, 0.05) is 0 Å². The molecule has 0 aliphatic rings. The Balaban J connectivity index is -0.0000000284. The van der Waals surface area contributed by atoms with E-state index in [1.165, 1.54) is 0 Å². The zero-order valence-electron chi connectivity index (χ0n) is 9.45. The Labute approximate surface area is 181 Å². The van der Waals surface area contributed by atoms with Gasteiger partial charge in [-0.05, 0) is 0 Å². The zero-order chi connectivity index (χ0) is 18.0. The van der Waals surface area contributed by atoms with E-state index in [0.29, 0.717) is 0 Å². The minimum absolute atomic E-state index is 0. The van der Waals surface area contributed by atoms with Gasteiger partial charge in [-0.1, -0.05) is 0 Å². The Morgan fingerprint density at radius 2 is 0.304 bits per heavy atom. The molecule has 3 radical (unpaired) electrons. The minimum atomic E-state index is -5.88. The fraction of sp³-hybridized carbons (Fsp3) is 0. The predicted octanol–water partition coefficient (Wildman–Crippen LogP) is -16.3. The van der Waals surface area contributed by atoms with Crippen LogP contribution < -0.4 is 49.1 Å². The van der Waals surface area contributed by atoms with E-state index in [-0.39, 0.29) is 61.3 Å². The Hall–Kier alpha value is 2.94. The van der Waals surface area contributed by atoms with Crippen molar-refractivity contribution in [1.82, 2.24) is 0 Å². The largest absolute Gasteiger partial charge is 4.00 e. The van der Waals surface area contributed by atoms with Crippen LogP contribution in [-0.4, -0.2) is 58.1 Å². The number of hydrogen-bond acceptors (Lipinski definition) is 16. The van der Waals surface area contributed by atoms with Gasteiger partial charge in [-0.25, -0.2) is 0 Å². The quantitative estimate of drug-likeness (QED) is 0.203. The first-order chi connectivity index (χ1) is 8.00. The first-order valence-electron chi connectivity index (χ1n) is 2.92. The summed E-state index contributed by atoms with van der Waals surface area (Å²) in [4.78, 5) is 0. The molecule has 23 heavy (non-hydrogen) atoms. The van der Waals surface area contributed by atoms with E-state index in [0.717, 1.165) is 0 Å². The summed E-state index contributed by atoms with van der Waals surface area (Å²) in [6.45, 7) is 0. The standard InChI is InChI=1S/4AsH3O4.3Re/c4*2-1(3,4)5;;;/h4*(H3,2,3,4,5);;;/q;;;;3*+4/p-12. The van der Waals surface area contributed by atoms with Gasteiger partial charge in [0.25, 0.3) is 0 Å². The van der Waals surface area contributed by atoms with Crippen LogP contribution in [0.4, 0.5) is 0 Å². The van der Waals surface area contributed by atoms with E-state index in [1.807, 2.05) is 0 Å². The second-order valence-electron chi connectivity index (χ2n) is 1.79. The Morgan fingerprint density at radius 1 is 0.304 bits per heavy atom. The maximum Gasteiger partial charge on any atom is 4.00 e. The van der Waals surface area contributed by atoms with Gasteiger partial charge in [0.1, 0.15) is 0 Å². The third-order valence-electron chi connectivity index (χ3n) is 0. The van der Waals surface area contributed by atoms with E-state index in [9.17, 15) is 0 Å². The fourth-order valence-corrected chi connectivity index (χ4v) is 0. The molecule has 0 aromatic carbocycles. The van der Waals surface area contributed by atoms with Crippen molar-refractivity contribution in [3.63, 3.8) is 0 Å². The van der Waals surface area contributed by atoms with Crippen LogP contribution in [0, 0.1) is 0 Å². The van der Waals surface area contributed by atoms with Gasteiger partial charge >= 0.3 is 183 Å². The summed E-state index contributed by atoms with van der Waals surface area (Å²) in [5.74, 6) is 0. The summed E-state index contributed by atoms with van der Waals surface area (Å²) < 4.78 is 138. The molecule has 0 unspecified atom stereocenters. The Kier molecular flexibility index (Phi) is 38.5. The van der Waals surface area contributed by atoms with Crippen LogP contribution in [0.15, 0.2) is 0 Å². The van der Waals surface area contributed by atoms with Crippen LogP contribution in [0.2, 0.25) is 0 Å². The van der Waals surface area contributed by atoms with E-state index < -0.39 is 58.1 Å². The summed E-state index contributed by atoms with van der Waals surface area (Å²) >= 11 is -23.5. The van der Waals surface area contributed by atoms with Gasteiger partial charge in [-0.2, -0.15) is 0 Å². The van der Waals surface area contributed by atoms with Crippen LogP contribution in [-0.2, 0) is 76.2 Å². The van der Waals surface area contributed by atoms with E-state index in [2.05, 4.69) is 0 Å². The summed E-state index contributed by atoms with van der Waals surface area (Å²) in [5.41, 5.74) is 0. The third-order valence-corrected chi connectivity index (χ3v) is 0. The maximum absolute atomic E-state index is 8.61. The predicted molar refractivity (Wildman–Crippen MR) is 25.8 cm³/mol. The van der Waals surface area contributed by atoms with Gasteiger partial charge in [0.15, 0.2) is 0 Å². The Bertz CT molecular complexity index is 292. The molecule has 0 N–H and O–H groups in total. The second kappa shape index (κ2) is 19.7. The molecular formula is As4O16Re3. The molecule has 0 amide bonds. The molecule has 23 heteroatoms. The first-order valence-corrected chi connectivity index (χ1v) is 15.2. The van der Waals surface area contributed by atoms with Gasteiger partial charge in [0.05, 0.1) is 0 Å². The summed E-state index contributed by atoms with van der Waals surface area (Å²) in [6.07, 6.45) is 0. The van der Waals surface area contributed by atoms with Gasteiger partial charge < -0.3 is 0 Å². The Morgan fingerprint density at radius 3 is 0.304 bits per heavy atom. The van der Waals surface area contributed by atoms with Crippen molar-refractivity contribution in [2.45, 2.75) is 0 Å². The van der Waals surface area contributed by atoms with E-state index in [1.54, 1.807) is 0 Å². The number of hydrogen-bond donors (Lipinski definition) is 0. The van der Waals surface area contributed by atoms with Crippen molar-refractivity contribution in [3.8, 4) is 0 Å². The molecule has 0 aliphatic heterocycles. The second-order valence-corrected chi connectivity index (χ2v) is 9.30. The van der Waals surface area contributed by atoms with Crippen molar-refractivity contribution in [2.75, 3.05) is 0 Å². The van der Waals surface area contributed by atoms with E-state index in [4.69, 9.17) is 64.1 Å². The number of rotatable bonds is 0. The summed E-state index contributed by atoms with van der Waals surface area (Å²) in [7, 11) is 0.